The van der Waals surface area contributed by atoms with Crippen LogP contribution in [0.4, 0.5) is 0 Å². The Kier molecular flexibility index (Phi) is 1.76. The number of fused-ring (bicyclic) bond motifs is 2. The maximum absolute atomic E-state index is 9.80. The summed E-state index contributed by atoms with van der Waals surface area (Å²) < 4.78 is 0. The van der Waals surface area contributed by atoms with Gasteiger partial charge in [-0.05, 0) is 36.0 Å². The van der Waals surface area contributed by atoms with Crippen molar-refractivity contribution in [2.24, 2.45) is 23.2 Å². The third-order valence-corrected chi connectivity index (χ3v) is 4.55. The van der Waals surface area contributed by atoms with Crippen molar-refractivity contribution < 1.29 is 5.11 Å². The average Bonchev–Trinajstić information content (AvgIpc) is 2.03. The third-order valence-electron chi connectivity index (χ3n) is 4.55. The normalized spacial score (nSPS) is 50.0. The summed E-state index contributed by atoms with van der Waals surface area (Å²) >= 11 is 0. The summed E-state index contributed by atoms with van der Waals surface area (Å²) in [5, 5.41) is 9.80. The first-order chi connectivity index (χ1) is 5.57. The SMILES string of the molecule is CC[C@@H]1[C@H](O)C[C@@H]2C[C@H]1C2(C)C. The zero-order chi connectivity index (χ0) is 8.93. The first kappa shape index (κ1) is 8.55. The van der Waals surface area contributed by atoms with Crippen LogP contribution in [0.5, 0.6) is 0 Å². The molecule has 3 aliphatic carbocycles. The highest BCUT2D eigenvalue weighted by atomic mass is 16.3. The number of rotatable bonds is 1. The lowest BCUT2D eigenvalue weighted by molar-refractivity contribution is -0.161. The minimum absolute atomic E-state index is 0.00627. The van der Waals surface area contributed by atoms with E-state index < -0.39 is 0 Å². The Labute approximate surface area is 75.2 Å². The smallest absolute Gasteiger partial charge is 0.0574 e. The van der Waals surface area contributed by atoms with Crippen LogP contribution < -0.4 is 0 Å². The van der Waals surface area contributed by atoms with Crippen molar-refractivity contribution in [3.8, 4) is 0 Å². The number of aliphatic hydroxyl groups excluding tert-OH is 1. The fraction of sp³-hybridized carbons (Fsp3) is 1.00. The van der Waals surface area contributed by atoms with E-state index >= 15 is 0 Å². The monoisotopic (exact) mass is 168 g/mol. The topological polar surface area (TPSA) is 20.2 Å². The van der Waals surface area contributed by atoms with Gasteiger partial charge in [0.1, 0.15) is 0 Å². The average molecular weight is 168 g/mol. The molecule has 3 fully saturated rings. The van der Waals surface area contributed by atoms with Gasteiger partial charge in [-0.2, -0.15) is 0 Å². The largest absolute Gasteiger partial charge is 0.393 e. The molecule has 1 N–H and O–H groups in total. The maximum Gasteiger partial charge on any atom is 0.0574 e. The van der Waals surface area contributed by atoms with Crippen LogP contribution in [0, 0.1) is 23.2 Å². The van der Waals surface area contributed by atoms with E-state index in [0.29, 0.717) is 11.3 Å². The Hall–Kier alpha value is -0.0400. The Morgan fingerprint density at radius 1 is 1.33 bits per heavy atom. The maximum atomic E-state index is 9.80. The predicted molar refractivity (Wildman–Crippen MR) is 49.8 cm³/mol. The van der Waals surface area contributed by atoms with Gasteiger partial charge < -0.3 is 5.11 Å². The third kappa shape index (κ3) is 0.891. The molecule has 0 unspecified atom stereocenters. The van der Waals surface area contributed by atoms with Gasteiger partial charge in [-0.1, -0.05) is 27.2 Å². The summed E-state index contributed by atoms with van der Waals surface area (Å²) in [5.74, 6) is 2.20. The highest BCUT2D eigenvalue weighted by molar-refractivity contribution is 5.05. The lowest BCUT2D eigenvalue weighted by Crippen LogP contribution is -2.57. The molecule has 70 valence electrons. The van der Waals surface area contributed by atoms with Gasteiger partial charge in [0.15, 0.2) is 0 Å². The first-order valence-electron chi connectivity index (χ1n) is 5.25. The fourth-order valence-electron chi connectivity index (χ4n) is 3.47. The van der Waals surface area contributed by atoms with Gasteiger partial charge in [0.2, 0.25) is 0 Å². The van der Waals surface area contributed by atoms with Crippen LogP contribution in [0.1, 0.15) is 40.0 Å². The minimum atomic E-state index is 0.00627. The molecule has 0 spiro atoms. The van der Waals surface area contributed by atoms with Gasteiger partial charge >= 0.3 is 0 Å². The molecule has 3 aliphatic rings. The van der Waals surface area contributed by atoms with Gasteiger partial charge in [0.25, 0.3) is 0 Å². The molecule has 0 saturated heterocycles. The standard InChI is InChI=1S/C11H20O/c1-4-8-9-5-7(6-10(8)12)11(9,2)3/h7-10,12H,4-6H2,1-3H3/t7-,8-,9+,10+/m0/s1. The van der Waals surface area contributed by atoms with Crippen molar-refractivity contribution in [1.29, 1.82) is 0 Å². The van der Waals surface area contributed by atoms with Gasteiger partial charge in [-0.25, -0.2) is 0 Å². The number of aliphatic hydroxyl groups is 1. The molecule has 0 radical (unpaired) electrons. The molecule has 3 rings (SSSR count). The van der Waals surface area contributed by atoms with Crippen LogP contribution in [0.15, 0.2) is 0 Å². The van der Waals surface area contributed by atoms with E-state index in [1.54, 1.807) is 0 Å². The van der Waals surface area contributed by atoms with Gasteiger partial charge in [-0.15, -0.1) is 0 Å². The second-order valence-corrected chi connectivity index (χ2v) is 5.24. The Morgan fingerprint density at radius 2 is 2.00 bits per heavy atom. The molecular formula is C11H20O. The highest BCUT2D eigenvalue weighted by Crippen LogP contribution is 2.61. The molecule has 1 nitrogen and oxygen atoms in total. The quantitative estimate of drug-likeness (QED) is 0.637. The van der Waals surface area contributed by atoms with E-state index in [0.717, 1.165) is 24.7 Å². The molecule has 0 amide bonds. The molecular weight excluding hydrogens is 148 g/mol. The molecule has 2 bridgehead atoms. The molecule has 3 saturated carbocycles. The minimum Gasteiger partial charge on any atom is -0.393 e. The molecule has 12 heavy (non-hydrogen) atoms. The lowest BCUT2D eigenvalue weighted by Gasteiger charge is -2.61. The number of hydrogen-bond acceptors (Lipinski definition) is 1. The van der Waals surface area contributed by atoms with Crippen LogP contribution in [-0.2, 0) is 0 Å². The second kappa shape index (κ2) is 2.47. The summed E-state index contributed by atoms with van der Waals surface area (Å²) in [4.78, 5) is 0. The van der Waals surface area contributed by atoms with Crippen LogP contribution >= 0.6 is 0 Å². The van der Waals surface area contributed by atoms with Crippen molar-refractivity contribution >= 4 is 0 Å². The van der Waals surface area contributed by atoms with Gasteiger partial charge in [0, 0.05) is 0 Å². The Balaban J connectivity index is 2.15. The molecule has 0 aromatic rings. The zero-order valence-corrected chi connectivity index (χ0v) is 8.38. The molecule has 0 aromatic heterocycles. The van der Waals surface area contributed by atoms with Crippen molar-refractivity contribution in [3.63, 3.8) is 0 Å². The summed E-state index contributed by atoms with van der Waals surface area (Å²) in [6.07, 6.45) is 3.60. The lowest BCUT2D eigenvalue weighted by atomic mass is 9.44. The first-order valence-corrected chi connectivity index (χ1v) is 5.25. The van der Waals surface area contributed by atoms with E-state index in [1.165, 1.54) is 6.42 Å². The Bertz CT molecular complexity index is 185. The van der Waals surface area contributed by atoms with E-state index in [4.69, 9.17) is 0 Å². The van der Waals surface area contributed by atoms with Crippen LogP contribution in [0.2, 0.25) is 0 Å². The van der Waals surface area contributed by atoms with E-state index in [1.807, 2.05) is 0 Å². The van der Waals surface area contributed by atoms with Crippen LogP contribution in [-0.4, -0.2) is 11.2 Å². The molecule has 1 heteroatoms. The summed E-state index contributed by atoms with van der Waals surface area (Å²) in [5.41, 5.74) is 0.528. The van der Waals surface area contributed by atoms with Crippen LogP contribution in [0.3, 0.4) is 0 Å². The van der Waals surface area contributed by atoms with Crippen molar-refractivity contribution in [2.75, 3.05) is 0 Å². The zero-order valence-electron chi connectivity index (χ0n) is 8.38. The number of hydrogen-bond donors (Lipinski definition) is 1. The van der Waals surface area contributed by atoms with E-state index in [9.17, 15) is 5.11 Å². The highest BCUT2D eigenvalue weighted by Gasteiger charge is 2.56. The summed E-state index contributed by atoms with van der Waals surface area (Å²) in [6, 6.07) is 0. The van der Waals surface area contributed by atoms with Gasteiger partial charge in [-0.3, -0.25) is 0 Å². The van der Waals surface area contributed by atoms with Gasteiger partial charge in [0.05, 0.1) is 6.10 Å². The fourth-order valence-corrected chi connectivity index (χ4v) is 3.47. The molecule has 0 aromatic carbocycles. The van der Waals surface area contributed by atoms with E-state index in [-0.39, 0.29) is 6.10 Å². The van der Waals surface area contributed by atoms with Crippen molar-refractivity contribution in [3.05, 3.63) is 0 Å². The van der Waals surface area contributed by atoms with Crippen LogP contribution in [0.25, 0.3) is 0 Å². The summed E-state index contributed by atoms with van der Waals surface area (Å²) in [7, 11) is 0. The summed E-state index contributed by atoms with van der Waals surface area (Å²) in [6.45, 7) is 6.96. The molecule has 0 heterocycles. The van der Waals surface area contributed by atoms with E-state index in [2.05, 4.69) is 20.8 Å². The Morgan fingerprint density at radius 3 is 2.42 bits per heavy atom. The van der Waals surface area contributed by atoms with Crippen molar-refractivity contribution in [2.45, 2.75) is 46.1 Å². The van der Waals surface area contributed by atoms with Crippen molar-refractivity contribution in [1.82, 2.24) is 0 Å². The molecule has 0 aliphatic heterocycles. The predicted octanol–water partition coefficient (Wildman–Crippen LogP) is 2.44. The molecule has 4 atom stereocenters. The second-order valence-electron chi connectivity index (χ2n) is 5.24.